The number of urea groups is 1. The second kappa shape index (κ2) is 5.91. The molecule has 7 nitrogen and oxygen atoms in total. The van der Waals surface area contributed by atoms with Crippen molar-refractivity contribution in [2.75, 3.05) is 13.1 Å². The van der Waals surface area contributed by atoms with Gasteiger partial charge in [-0.05, 0) is 39.5 Å². The molecule has 7 heteroatoms. The molecular weight excluding hydrogens is 274 g/mol. The number of rotatable bonds is 4. The summed E-state index contributed by atoms with van der Waals surface area (Å²) in [6.07, 6.45) is 3.20. The molecule has 1 aliphatic carbocycles. The van der Waals surface area contributed by atoms with Gasteiger partial charge in [0.15, 0.2) is 0 Å². The first kappa shape index (κ1) is 15.6. The topological polar surface area (TPSA) is 98.7 Å². The van der Waals surface area contributed by atoms with Gasteiger partial charge in [-0.1, -0.05) is 0 Å². The first-order valence-corrected chi connectivity index (χ1v) is 7.41. The standard InChI is InChI=1S/C14H23N3O4/c1-9(11(18)16-10-4-5-10)15-13(21)17-7-3-6-14(2,8-17)12(19)20/h9-10H,3-8H2,1-2H3,(H,15,21)(H,16,18)(H,19,20). The van der Waals surface area contributed by atoms with Crippen LogP contribution in [0.3, 0.4) is 0 Å². The van der Waals surface area contributed by atoms with E-state index < -0.39 is 17.4 Å². The fourth-order valence-corrected chi connectivity index (χ4v) is 2.48. The van der Waals surface area contributed by atoms with Gasteiger partial charge < -0.3 is 20.6 Å². The summed E-state index contributed by atoms with van der Waals surface area (Å²) >= 11 is 0. The lowest BCUT2D eigenvalue weighted by atomic mass is 9.82. The van der Waals surface area contributed by atoms with Gasteiger partial charge in [0.2, 0.25) is 5.91 Å². The Morgan fingerprint density at radius 2 is 2.00 bits per heavy atom. The quantitative estimate of drug-likeness (QED) is 0.705. The predicted molar refractivity (Wildman–Crippen MR) is 75.7 cm³/mol. The first-order chi connectivity index (χ1) is 9.82. The van der Waals surface area contributed by atoms with Crippen molar-refractivity contribution in [1.82, 2.24) is 15.5 Å². The number of carbonyl (C=O) groups excluding carboxylic acids is 2. The molecular formula is C14H23N3O4. The van der Waals surface area contributed by atoms with Gasteiger partial charge in [0, 0.05) is 19.1 Å². The molecule has 1 saturated carbocycles. The number of carboxylic acids is 1. The molecule has 1 saturated heterocycles. The van der Waals surface area contributed by atoms with Crippen LogP contribution in [0.5, 0.6) is 0 Å². The highest BCUT2D eigenvalue weighted by molar-refractivity contribution is 5.87. The Bertz CT molecular complexity index is 450. The minimum atomic E-state index is -0.908. The van der Waals surface area contributed by atoms with E-state index in [2.05, 4.69) is 10.6 Å². The number of hydrogen-bond acceptors (Lipinski definition) is 3. The number of amides is 3. The van der Waals surface area contributed by atoms with Crippen LogP contribution >= 0.6 is 0 Å². The van der Waals surface area contributed by atoms with E-state index >= 15 is 0 Å². The smallest absolute Gasteiger partial charge is 0.318 e. The van der Waals surface area contributed by atoms with Gasteiger partial charge in [-0.25, -0.2) is 4.79 Å². The zero-order chi connectivity index (χ0) is 15.6. The molecule has 118 valence electrons. The fourth-order valence-electron chi connectivity index (χ4n) is 2.48. The Kier molecular flexibility index (Phi) is 4.39. The molecule has 2 fully saturated rings. The molecule has 2 rings (SSSR count). The minimum Gasteiger partial charge on any atom is -0.481 e. The third-order valence-corrected chi connectivity index (χ3v) is 4.16. The Morgan fingerprint density at radius 1 is 1.33 bits per heavy atom. The van der Waals surface area contributed by atoms with Crippen molar-refractivity contribution in [3.63, 3.8) is 0 Å². The SMILES string of the molecule is CC(NC(=O)N1CCCC(C)(C(=O)O)C1)C(=O)NC1CC1. The van der Waals surface area contributed by atoms with Crippen LogP contribution in [0.4, 0.5) is 4.79 Å². The number of carboxylic acid groups (broad SMARTS) is 1. The molecule has 0 aromatic rings. The molecule has 3 amide bonds. The molecule has 0 aromatic carbocycles. The van der Waals surface area contributed by atoms with E-state index in [1.807, 2.05) is 0 Å². The van der Waals surface area contributed by atoms with E-state index in [4.69, 9.17) is 0 Å². The summed E-state index contributed by atoms with van der Waals surface area (Å²) in [4.78, 5) is 36.7. The molecule has 3 N–H and O–H groups in total. The van der Waals surface area contributed by atoms with Crippen LogP contribution < -0.4 is 10.6 Å². The van der Waals surface area contributed by atoms with Crippen LogP contribution in [0.25, 0.3) is 0 Å². The van der Waals surface area contributed by atoms with Gasteiger partial charge >= 0.3 is 12.0 Å². The first-order valence-electron chi connectivity index (χ1n) is 7.41. The van der Waals surface area contributed by atoms with Gasteiger partial charge in [-0.2, -0.15) is 0 Å². The van der Waals surface area contributed by atoms with Gasteiger partial charge in [0.25, 0.3) is 0 Å². The molecule has 0 bridgehead atoms. The summed E-state index contributed by atoms with van der Waals surface area (Å²) in [5, 5.41) is 14.7. The molecule has 21 heavy (non-hydrogen) atoms. The molecule has 2 atom stereocenters. The van der Waals surface area contributed by atoms with Crippen molar-refractivity contribution in [2.45, 2.75) is 51.6 Å². The summed E-state index contributed by atoms with van der Waals surface area (Å²) in [7, 11) is 0. The van der Waals surface area contributed by atoms with E-state index in [1.54, 1.807) is 13.8 Å². The van der Waals surface area contributed by atoms with E-state index in [9.17, 15) is 19.5 Å². The van der Waals surface area contributed by atoms with Gasteiger partial charge in [-0.15, -0.1) is 0 Å². The van der Waals surface area contributed by atoms with Crippen LogP contribution in [-0.4, -0.2) is 53.1 Å². The number of aliphatic carboxylic acids is 1. The third kappa shape index (κ3) is 3.86. The summed E-state index contributed by atoms with van der Waals surface area (Å²) in [6, 6.07) is -0.737. The van der Waals surface area contributed by atoms with Crippen molar-refractivity contribution in [1.29, 1.82) is 0 Å². The number of nitrogens with zero attached hydrogens (tertiary/aromatic N) is 1. The van der Waals surface area contributed by atoms with E-state index in [-0.39, 0.29) is 24.5 Å². The van der Waals surface area contributed by atoms with E-state index in [0.717, 1.165) is 12.8 Å². The average molecular weight is 297 g/mol. The maximum atomic E-state index is 12.2. The van der Waals surface area contributed by atoms with Crippen LogP contribution in [-0.2, 0) is 9.59 Å². The monoisotopic (exact) mass is 297 g/mol. The zero-order valence-corrected chi connectivity index (χ0v) is 12.5. The van der Waals surface area contributed by atoms with Crippen LogP contribution in [0.1, 0.15) is 39.5 Å². The molecule has 1 aliphatic heterocycles. The largest absolute Gasteiger partial charge is 0.481 e. The highest BCUT2D eigenvalue weighted by atomic mass is 16.4. The minimum absolute atomic E-state index is 0.172. The van der Waals surface area contributed by atoms with Crippen molar-refractivity contribution in [2.24, 2.45) is 5.41 Å². The second-order valence-electron chi connectivity index (χ2n) is 6.34. The number of hydrogen-bond donors (Lipinski definition) is 3. The molecule has 2 aliphatic rings. The second-order valence-corrected chi connectivity index (χ2v) is 6.34. The molecule has 0 spiro atoms. The maximum Gasteiger partial charge on any atom is 0.318 e. The Morgan fingerprint density at radius 3 is 2.57 bits per heavy atom. The highest BCUT2D eigenvalue weighted by Crippen LogP contribution is 2.29. The van der Waals surface area contributed by atoms with E-state index in [1.165, 1.54) is 4.90 Å². The third-order valence-electron chi connectivity index (χ3n) is 4.16. The van der Waals surface area contributed by atoms with Gasteiger partial charge in [0.1, 0.15) is 6.04 Å². The predicted octanol–water partition coefficient (Wildman–Crippen LogP) is 0.550. The van der Waals surface area contributed by atoms with Crippen LogP contribution in [0, 0.1) is 5.41 Å². The normalized spacial score (nSPS) is 26.9. The summed E-state index contributed by atoms with van der Waals surface area (Å²) in [5.41, 5.74) is -0.908. The lowest BCUT2D eigenvalue weighted by Gasteiger charge is -2.37. The highest BCUT2D eigenvalue weighted by Gasteiger charge is 2.39. The molecule has 2 unspecified atom stereocenters. The van der Waals surface area contributed by atoms with Crippen molar-refractivity contribution >= 4 is 17.9 Å². The van der Waals surface area contributed by atoms with Gasteiger partial charge in [-0.3, -0.25) is 9.59 Å². The van der Waals surface area contributed by atoms with Crippen molar-refractivity contribution < 1.29 is 19.5 Å². The zero-order valence-electron chi connectivity index (χ0n) is 12.5. The molecule has 0 aromatic heterocycles. The number of piperidine rings is 1. The molecule has 0 radical (unpaired) electrons. The Balaban J connectivity index is 1.87. The van der Waals surface area contributed by atoms with Crippen LogP contribution in [0.15, 0.2) is 0 Å². The average Bonchev–Trinajstić information content (AvgIpc) is 3.22. The van der Waals surface area contributed by atoms with Crippen molar-refractivity contribution in [3.8, 4) is 0 Å². The summed E-state index contributed by atoms with van der Waals surface area (Å²) in [5.74, 6) is -1.08. The summed E-state index contributed by atoms with van der Waals surface area (Å²) < 4.78 is 0. The molecule has 1 heterocycles. The Hall–Kier alpha value is -1.79. The fraction of sp³-hybridized carbons (Fsp3) is 0.786. The lowest BCUT2D eigenvalue weighted by molar-refractivity contribution is -0.150. The van der Waals surface area contributed by atoms with Gasteiger partial charge in [0.05, 0.1) is 5.41 Å². The Labute approximate surface area is 124 Å². The number of carbonyl (C=O) groups is 3. The van der Waals surface area contributed by atoms with Crippen LogP contribution in [0.2, 0.25) is 0 Å². The maximum absolute atomic E-state index is 12.2. The number of likely N-dealkylation sites (tertiary alicyclic amines) is 1. The summed E-state index contributed by atoms with van der Waals surface area (Å²) in [6.45, 7) is 3.98. The van der Waals surface area contributed by atoms with Crippen molar-refractivity contribution in [3.05, 3.63) is 0 Å². The van der Waals surface area contributed by atoms with E-state index in [0.29, 0.717) is 19.4 Å². The number of nitrogens with one attached hydrogen (secondary N) is 2. The lowest BCUT2D eigenvalue weighted by Crippen LogP contribution is -2.55.